The normalized spacial score (nSPS) is 18.8. The van der Waals surface area contributed by atoms with Crippen LogP contribution in [0.15, 0.2) is 47.5 Å². The number of anilines is 2. The molecule has 1 aliphatic carbocycles. The Morgan fingerprint density at radius 2 is 1.85 bits per heavy atom. The molecule has 4 rings (SSSR count). The number of nitrogens with zero attached hydrogens (tertiary/aromatic N) is 2. The quantitative estimate of drug-likeness (QED) is 0.570. The lowest BCUT2D eigenvalue weighted by Gasteiger charge is -2.27. The Hall–Kier alpha value is -2.16. The number of nitrogens with one attached hydrogen (secondary N) is 2. The molecule has 1 aromatic carbocycles. The van der Waals surface area contributed by atoms with E-state index in [2.05, 4.69) is 26.8 Å². The molecule has 0 radical (unpaired) electrons. The van der Waals surface area contributed by atoms with Gasteiger partial charge >= 0.3 is 0 Å². The molecule has 0 spiro atoms. The number of hydrogen-bond acceptors (Lipinski definition) is 6. The van der Waals surface area contributed by atoms with Gasteiger partial charge in [-0.3, -0.25) is 4.72 Å². The topological polar surface area (TPSA) is 83.6 Å². The zero-order chi connectivity index (χ0) is 23.1. The molecule has 1 saturated carbocycles. The third-order valence-corrected chi connectivity index (χ3v) is 8.03. The van der Waals surface area contributed by atoms with E-state index in [1.54, 1.807) is 12.1 Å². The molecule has 2 aromatic rings. The first kappa shape index (κ1) is 24.0. The monoisotopic (exact) mass is 472 g/mol. The largest absolute Gasteiger partial charge is 0.378 e. The fourth-order valence-electron chi connectivity index (χ4n) is 4.78. The van der Waals surface area contributed by atoms with Crippen molar-refractivity contribution in [3.05, 3.63) is 48.2 Å². The van der Waals surface area contributed by atoms with Gasteiger partial charge in [0.2, 0.25) is 0 Å². The molecule has 33 heavy (non-hydrogen) atoms. The Morgan fingerprint density at radius 1 is 1.09 bits per heavy atom. The second kappa shape index (κ2) is 11.3. The van der Waals surface area contributed by atoms with Crippen molar-refractivity contribution in [3.63, 3.8) is 0 Å². The lowest BCUT2D eigenvalue weighted by Crippen LogP contribution is -2.36. The second-order valence-corrected chi connectivity index (χ2v) is 10.9. The highest BCUT2D eigenvalue weighted by atomic mass is 32.2. The molecule has 1 aromatic heterocycles. The van der Waals surface area contributed by atoms with E-state index in [1.165, 1.54) is 44.7 Å². The first-order valence-electron chi connectivity index (χ1n) is 12.1. The van der Waals surface area contributed by atoms with E-state index in [9.17, 15) is 8.42 Å². The predicted octanol–water partition coefficient (Wildman–Crippen LogP) is 4.17. The highest BCUT2D eigenvalue weighted by Gasteiger charge is 2.20. The average Bonchev–Trinajstić information content (AvgIpc) is 2.84. The Morgan fingerprint density at radius 3 is 2.58 bits per heavy atom. The summed E-state index contributed by atoms with van der Waals surface area (Å²) in [6.07, 6.45) is 9.35. The lowest BCUT2D eigenvalue weighted by molar-refractivity contribution is 0.122. The first-order valence-corrected chi connectivity index (χ1v) is 13.6. The van der Waals surface area contributed by atoms with Gasteiger partial charge in [-0.25, -0.2) is 13.4 Å². The van der Waals surface area contributed by atoms with Crippen molar-refractivity contribution in [2.75, 3.05) is 35.9 Å². The summed E-state index contributed by atoms with van der Waals surface area (Å²) in [6.45, 7) is 5.69. The van der Waals surface area contributed by atoms with Gasteiger partial charge in [0, 0.05) is 31.9 Å². The van der Waals surface area contributed by atoms with Crippen molar-refractivity contribution >= 4 is 21.5 Å². The van der Waals surface area contributed by atoms with E-state index in [4.69, 9.17) is 4.74 Å². The maximum atomic E-state index is 13.0. The first-order chi connectivity index (χ1) is 16.0. The number of rotatable bonds is 9. The van der Waals surface area contributed by atoms with Crippen LogP contribution in [0.4, 0.5) is 11.5 Å². The molecule has 2 fully saturated rings. The van der Waals surface area contributed by atoms with Crippen molar-refractivity contribution < 1.29 is 13.2 Å². The summed E-state index contributed by atoms with van der Waals surface area (Å²) in [5.41, 5.74) is 1.54. The van der Waals surface area contributed by atoms with E-state index in [1.807, 2.05) is 24.3 Å². The van der Waals surface area contributed by atoms with Crippen LogP contribution in [0.2, 0.25) is 0 Å². The molecule has 2 heterocycles. The molecule has 7 nitrogen and oxygen atoms in total. The Balaban J connectivity index is 1.37. The summed E-state index contributed by atoms with van der Waals surface area (Å²) < 4.78 is 34.2. The van der Waals surface area contributed by atoms with Crippen molar-refractivity contribution in [1.82, 2.24) is 10.3 Å². The minimum atomic E-state index is -3.73. The van der Waals surface area contributed by atoms with Crippen LogP contribution in [0.3, 0.4) is 0 Å². The van der Waals surface area contributed by atoms with Gasteiger partial charge in [0.25, 0.3) is 10.0 Å². The molecule has 8 heteroatoms. The van der Waals surface area contributed by atoms with Crippen LogP contribution in [0, 0.1) is 5.92 Å². The molecular formula is C25H36N4O3S. The minimum absolute atomic E-state index is 0.160. The van der Waals surface area contributed by atoms with Crippen LogP contribution >= 0.6 is 0 Å². The van der Waals surface area contributed by atoms with Crippen LogP contribution in [-0.4, -0.2) is 45.7 Å². The lowest BCUT2D eigenvalue weighted by atomic mass is 9.85. The fourth-order valence-corrected chi connectivity index (χ4v) is 5.82. The van der Waals surface area contributed by atoms with E-state index in [-0.39, 0.29) is 4.90 Å². The fraction of sp³-hybridized carbons (Fsp3) is 0.560. The molecule has 2 aliphatic rings. The standard InChI is InChI=1S/C25H36N4O3S/c1-20(17-21-7-3-2-4-8-21)26-18-22-9-5-6-10-24(22)28-33(30,31)23-11-12-25(27-19-23)29-13-15-32-16-14-29/h5-6,9-12,19-21,26,28H,2-4,7-8,13-18H2,1H3. The number of morpholine rings is 1. The number of pyridine rings is 1. The highest BCUT2D eigenvalue weighted by molar-refractivity contribution is 7.92. The molecule has 1 unspecified atom stereocenters. The van der Waals surface area contributed by atoms with Crippen LogP contribution in [0.5, 0.6) is 0 Å². The average molecular weight is 473 g/mol. The molecular weight excluding hydrogens is 436 g/mol. The SMILES string of the molecule is CC(CC1CCCCC1)NCc1ccccc1NS(=O)(=O)c1ccc(N2CCOCC2)nc1. The smallest absolute Gasteiger partial charge is 0.263 e. The molecule has 2 N–H and O–H groups in total. The molecule has 180 valence electrons. The van der Waals surface area contributed by atoms with Gasteiger partial charge < -0.3 is 15.0 Å². The van der Waals surface area contributed by atoms with Crippen molar-refractivity contribution in [2.45, 2.75) is 62.9 Å². The molecule has 1 saturated heterocycles. The number of benzene rings is 1. The second-order valence-electron chi connectivity index (χ2n) is 9.24. The Bertz CT molecular complexity index is 985. The summed E-state index contributed by atoms with van der Waals surface area (Å²) in [5, 5.41) is 3.59. The number of hydrogen-bond donors (Lipinski definition) is 2. The third-order valence-electron chi connectivity index (χ3n) is 6.68. The maximum Gasteiger partial charge on any atom is 0.263 e. The number of aromatic nitrogens is 1. The van der Waals surface area contributed by atoms with Gasteiger partial charge in [-0.15, -0.1) is 0 Å². The van der Waals surface area contributed by atoms with Crippen LogP contribution in [0.1, 0.15) is 51.0 Å². The predicted molar refractivity (Wildman–Crippen MR) is 132 cm³/mol. The van der Waals surface area contributed by atoms with E-state index < -0.39 is 10.0 Å². The summed E-state index contributed by atoms with van der Waals surface area (Å²) in [6, 6.07) is 11.4. The Labute approximate surface area is 198 Å². The number of sulfonamides is 1. The zero-order valence-electron chi connectivity index (χ0n) is 19.5. The van der Waals surface area contributed by atoms with Crippen molar-refractivity contribution in [2.24, 2.45) is 5.92 Å². The van der Waals surface area contributed by atoms with Crippen LogP contribution in [0.25, 0.3) is 0 Å². The summed E-state index contributed by atoms with van der Waals surface area (Å²) in [7, 11) is -3.73. The van der Waals surface area contributed by atoms with Crippen LogP contribution in [-0.2, 0) is 21.3 Å². The van der Waals surface area contributed by atoms with E-state index >= 15 is 0 Å². The third kappa shape index (κ3) is 6.68. The Kier molecular flexibility index (Phi) is 8.22. The van der Waals surface area contributed by atoms with Crippen molar-refractivity contribution in [1.29, 1.82) is 0 Å². The van der Waals surface area contributed by atoms with Gasteiger partial charge in [0.1, 0.15) is 10.7 Å². The van der Waals surface area contributed by atoms with E-state index in [0.717, 1.165) is 30.4 Å². The molecule has 1 aliphatic heterocycles. The molecule has 0 bridgehead atoms. The number of para-hydroxylation sites is 1. The number of ether oxygens (including phenoxy) is 1. The van der Waals surface area contributed by atoms with Gasteiger partial charge in [-0.05, 0) is 43.0 Å². The molecule has 0 amide bonds. The van der Waals surface area contributed by atoms with Gasteiger partial charge in [0.05, 0.1) is 18.9 Å². The van der Waals surface area contributed by atoms with E-state index in [0.29, 0.717) is 31.5 Å². The van der Waals surface area contributed by atoms with Crippen LogP contribution < -0.4 is 14.9 Å². The summed E-state index contributed by atoms with van der Waals surface area (Å²) in [5.74, 6) is 1.58. The van der Waals surface area contributed by atoms with Gasteiger partial charge in [0.15, 0.2) is 0 Å². The highest BCUT2D eigenvalue weighted by Crippen LogP contribution is 2.27. The van der Waals surface area contributed by atoms with Gasteiger partial charge in [-0.1, -0.05) is 50.3 Å². The summed E-state index contributed by atoms with van der Waals surface area (Å²) in [4.78, 5) is 6.65. The summed E-state index contributed by atoms with van der Waals surface area (Å²) >= 11 is 0. The minimum Gasteiger partial charge on any atom is -0.378 e. The maximum absolute atomic E-state index is 13.0. The van der Waals surface area contributed by atoms with Crippen molar-refractivity contribution in [3.8, 4) is 0 Å². The zero-order valence-corrected chi connectivity index (χ0v) is 20.3. The molecule has 1 atom stereocenters. The van der Waals surface area contributed by atoms with Gasteiger partial charge in [-0.2, -0.15) is 0 Å².